The van der Waals surface area contributed by atoms with E-state index in [4.69, 9.17) is 18.9 Å². The molecule has 0 unspecified atom stereocenters. The Morgan fingerprint density at radius 2 is 1.50 bits per heavy atom. The maximum absolute atomic E-state index is 13.6. The molecular weight excluding hydrogens is 516 g/mol. The summed E-state index contributed by atoms with van der Waals surface area (Å²) in [5.74, 6) is -3.80. The summed E-state index contributed by atoms with van der Waals surface area (Å²) in [4.78, 5) is 27.0. The third-order valence-corrected chi connectivity index (χ3v) is 10.5. The number of ketones is 1. The monoisotopic (exact) mass is 572 g/mol. The van der Waals surface area contributed by atoms with Crippen molar-refractivity contribution in [1.29, 1.82) is 0 Å². The van der Waals surface area contributed by atoms with Gasteiger partial charge in [-0.25, -0.2) is 0 Å². The summed E-state index contributed by atoms with van der Waals surface area (Å²) >= 11 is 0. The Morgan fingerprint density at radius 1 is 0.925 bits per heavy atom. The molecular formula is C31H56O9. The van der Waals surface area contributed by atoms with Crippen LogP contribution in [0.1, 0.15) is 95.4 Å². The van der Waals surface area contributed by atoms with Crippen LogP contribution in [0.2, 0.25) is 0 Å². The van der Waals surface area contributed by atoms with Gasteiger partial charge in [0.05, 0.1) is 35.4 Å². The molecule has 2 aliphatic rings. The van der Waals surface area contributed by atoms with E-state index in [0.29, 0.717) is 6.42 Å². The average molecular weight is 573 g/mol. The van der Waals surface area contributed by atoms with E-state index in [2.05, 4.69) is 6.92 Å². The van der Waals surface area contributed by atoms with Gasteiger partial charge < -0.3 is 34.3 Å². The topological polar surface area (TPSA) is 132 Å². The lowest BCUT2D eigenvalue weighted by Gasteiger charge is -2.48. The van der Waals surface area contributed by atoms with Crippen molar-refractivity contribution in [3.63, 3.8) is 0 Å². The van der Waals surface area contributed by atoms with Gasteiger partial charge >= 0.3 is 5.97 Å². The molecule has 0 bridgehead atoms. The van der Waals surface area contributed by atoms with E-state index in [1.165, 1.54) is 6.92 Å². The predicted molar refractivity (Wildman–Crippen MR) is 151 cm³/mol. The largest absolute Gasteiger partial charge is 0.459 e. The number of rotatable bonds is 4. The van der Waals surface area contributed by atoms with E-state index in [1.807, 2.05) is 27.7 Å². The van der Waals surface area contributed by atoms with Crippen LogP contribution in [0.25, 0.3) is 0 Å². The van der Waals surface area contributed by atoms with E-state index in [9.17, 15) is 24.9 Å². The minimum atomic E-state index is -1.88. The smallest absolute Gasteiger partial charge is 0.311 e. The normalized spacial score (nSPS) is 50.2. The van der Waals surface area contributed by atoms with Gasteiger partial charge in [-0.3, -0.25) is 9.59 Å². The highest BCUT2D eigenvalue weighted by Gasteiger charge is 2.50. The number of aliphatic hydroxyl groups excluding tert-OH is 1. The van der Waals surface area contributed by atoms with Gasteiger partial charge in [-0.05, 0) is 59.3 Å². The molecule has 2 fully saturated rings. The number of ether oxygens (including phenoxy) is 4. The van der Waals surface area contributed by atoms with Gasteiger partial charge in [0, 0.05) is 31.3 Å². The van der Waals surface area contributed by atoms with Crippen LogP contribution in [-0.4, -0.2) is 81.7 Å². The standard InChI is InChI=1S/C31H56O9/c1-13-23-31(11,36)27(33)18(4)25(32)16(2)14-29(9,35)20(6)17(3)26(19(5)28(34)39-23)40-24-15-30(10,37-12)21(7)22(8)38-24/h16-24,26-27,33,35-36H,13-15H2,1-12H3/t16-,17-,18+,19-,20-,21+,22+,23-,24+,26+,27-,29-,30-,31-/m1/s1. The maximum atomic E-state index is 13.6. The number of esters is 1. The molecule has 2 saturated heterocycles. The van der Waals surface area contributed by atoms with Crippen LogP contribution < -0.4 is 0 Å². The summed E-state index contributed by atoms with van der Waals surface area (Å²) < 4.78 is 24.5. The van der Waals surface area contributed by atoms with Crippen molar-refractivity contribution in [1.82, 2.24) is 0 Å². The quantitative estimate of drug-likeness (QED) is 0.429. The fourth-order valence-corrected chi connectivity index (χ4v) is 6.70. The molecule has 2 aliphatic heterocycles. The Kier molecular flexibility index (Phi) is 11.4. The Morgan fingerprint density at radius 3 is 2.02 bits per heavy atom. The molecule has 14 atom stereocenters. The van der Waals surface area contributed by atoms with Crippen LogP contribution in [0.5, 0.6) is 0 Å². The van der Waals surface area contributed by atoms with Crippen LogP contribution in [-0.2, 0) is 28.5 Å². The fourth-order valence-electron chi connectivity index (χ4n) is 6.70. The Hall–Kier alpha value is -1.10. The molecule has 0 amide bonds. The van der Waals surface area contributed by atoms with Gasteiger partial charge in [0.15, 0.2) is 6.29 Å². The van der Waals surface area contributed by atoms with Crippen molar-refractivity contribution in [3.05, 3.63) is 0 Å². The molecule has 0 aromatic rings. The third kappa shape index (κ3) is 7.09. The summed E-state index contributed by atoms with van der Waals surface area (Å²) in [6.07, 6.45) is -3.23. The van der Waals surface area contributed by atoms with Crippen molar-refractivity contribution in [2.24, 2.45) is 35.5 Å². The molecule has 2 rings (SSSR count). The lowest BCUT2D eigenvalue weighted by atomic mass is 9.70. The van der Waals surface area contributed by atoms with Crippen LogP contribution >= 0.6 is 0 Å². The van der Waals surface area contributed by atoms with Crippen LogP contribution in [0.3, 0.4) is 0 Å². The zero-order valence-electron chi connectivity index (χ0n) is 26.8. The Bertz CT molecular complexity index is 873. The number of hydrogen-bond acceptors (Lipinski definition) is 9. The van der Waals surface area contributed by atoms with Crippen LogP contribution in [0.15, 0.2) is 0 Å². The lowest BCUT2D eigenvalue weighted by molar-refractivity contribution is -0.284. The number of cyclic esters (lactones) is 1. The zero-order valence-corrected chi connectivity index (χ0v) is 26.8. The third-order valence-electron chi connectivity index (χ3n) is 10.5. The minimum absolute atomic E-state index is 0.112. The first-order valence-corrected chi connectivity index (χ1v) is 15.0. The van der Waals surface area contributed by atoms with E-state index >= 15 is 0 Å². The molecule has 9 heteroatoms. The maximum Gasteiger partial charge on any atom is 0.311 e. The number of hydrogen-bond donors (Lipinski definition) is 3. The molecule has 0 aromatic carbocycles. The summed E-state index contributed by atoms with van der Waals surface area (Å²) in [6, 6.07) is 0. The van der Waals surface area contributed by atoms with E-state index < -0.39 is 65.1 Å². The van der Waals surface area contributed by atoms with Gasteiger partial charge in [0.2, 0.25) is 0 Å². The first-order valence-electron chi connectivity index (χ1n) is 15.0. The van der Waals surface area contributed by atoms with Crippen LogP contribution in [0.4, 0.5) is 0 Å². The summed E-state index contributed by atoms with van der Waals surface area (Å²) in [6.45, 7) is 19.7. The highest BCUT2D eigenvalue weighted by Crippen LogP contribution is 2.41. The highest BCUT2D eigenvalue weighted by atomic mass is 16.7. The van der Waals surface area contributed by atoms with Crippen molar-refractivity contribution in [2.75, 3.05) is 7.11 Å². The van der Waals surface area contributed by atoms with Crippen molar-refractivity contribution in [2.45, 2.75) is 143 Å². The molecule has 0 aromatic heterocycles. The molecule has 0 aliphatic carbocycles. The average Bonchev–Trinajstić information content (AvgIpc) is 2.89. The summed E-state index contributed by atoms with van der Waals surface area (Å²) in [5.41, 5.74) is -3.67. The minimum Gasteiger partial charge on any atom is -0.459 e. The molecule has 0 spiro atoms. The second-order valence-corrected chi connectivity index (χ2v) is 13.5. The van der Waals surface area contributed by atoms with Gasteiger partial charge in [0.1, 0.15) is 17.5 Å². The second-order valence-electron chi connectivity index (χ2n) is 13.5. The number of methoxy groups -OCH3 is 1. The number of carbonyl (C=O) groups is 2. The second kappa shape index (κ2) is 13.0. The van der Waals surface area contributed by atoms with E-state index in [-0.39, 0.29) is 42.5 Å². The predicted octanol–water partition coefficient (Wildman–Crippen LogP) is 3.89. The molecule has 9 nitrogen and oxygen atoms in total. The van der Waals surface area contributed by atoms with Gasteiger partial charge in [-0.2, -0.15) is 0 Å². The van der Waals surface area contributed by atoms with E-state index in [1.54, 1.807) is 41.7 Å². The molecule has 2 heterocycles. The molecule has 0 radical (unpaired) electrons. The van der Waals surface area contributed by atoms with E-state index in [0.717, 1.165) is 0 Å². The number of carbonyl (C=O) groups excluding carboxylic acids is 2. The molecule has 0 saturated carbocycles. The van der Waals surface area contributed by atoms with Gasteiger partial charge in [-0.15, -0.1) is 0 Å². The van der Waals surface area contributed by atoms with Crippen LogP contribution in [0, 0.1) is 35.5 Å². The van der Waals surface area contributed by atoms with Crippen molar-refractivity contribution >= 4 is 11.8 Å². The van der Waals surface area contributed by atoms with Crippen molar-refractivity contribution < 1.29 is 43.9 Å². The first kappa shape index (κ1) is 35.1. The number of Topliss-reactive ketones (excluding diaryl/α,β-unsaturated/α-hetero) is 1. The zero-order chi connectivity index (χ0) is 31.0. The SMILES string of the molecule is CC[C@H]1OC(=O)[C@H](C)[C@@H](O[C@H]2C[C@@](C)(OC)[C@@H](C)[C@H](C)O2)[C@H](C)[C@@H](C)[C@](C)(O)C[C@@H](C)C(=O)[C@H](C)[C@@H](O)[C@]1(C)O. The Labute approximate surface area is 241 Å². The van der Waals surface area contributed by atoms with Gasteiger partial charge in [-0.1, -0.05) is 41.5 Å². The Balaban J connectivity index is 2.55. The fraction of sp³-hybridized carbons (Fsp3) is 0.935. The summed E-state index contributed by atoms with van der Waals surface area (Å²) in [7, 11) is 1.67. The molecule has 234 valence electrons. The summed E-state index contributed by atoms with van der Waals surface area (Å²) in [5, 5.41) is 34.1. The molecule has 3 N–H and O–H groups in total. The number of aliphatic hydroxyl groups is 3. The lowest BCUT2D eigenvalue weighted by Crippen LogP contribution is -2.57. The first-order chi connectivity index (χ1) is 18.2. The highest BCUT2D eigenvalue weighted by molar-refractivity contribution is 5.83. The van der Waals surface area contributed by atoms with Gasteiger partial charge in [0.25, 0.3) is 0 Å². The molecule has 40 heavy (non-hydrogen) atoms. The van der Waals surface area contributed by atoms with Crippen molar-refractivity contribution in [3.8, 4) is 0 Å².